The first-order chi connectivity index (χ1) is 10.1. The number of ether oxygens (including phenoxy) is 1. The first-order valence-corrected chi connectivity index (χ1v) is 9.11. The molecule has 0 aliphatic carbocycles. The first kappa shape index (κ1) is 15.6. The van der Waals surface area contributed by atoms with Crippen LogP contribution < -0.4 is 11.3 Å². The molecular weight excluding hydrogens is 304 g/mol. The van der Waals surface area contributed by atoms with Gasteiger partial charge in [0.15, 0.2) is 0 Å². The molecule has 0 bridgehead atoms. The summed E-state index contributed by atoms with van der Waals surface area (Å²) in [5.74, 6) is 8.76. The van der Waals surface area contributed by atoms with Crippen LogP contribution in [0.25, 0.3) is 0 Å². The van der Waals surface area contributed by atoms with Gasteiger partial charge < -0.3 is 4.74 Å². The van der Waals surface area contributed by atoms with Gasteiger partial charge in [0.25, 0.3) is 0 Å². The summed E-state index contributed by atoms with van der Waals surface area (Å²) in [6.45, 7) is 2.95. The van der Waals surface area contributed by atoms with Crippen LogP contribution in [-0.4, -0.2) is 23.7 Å². The van der Waals surface area contributed by atoms with Gasteiger partial charge in [-0.15, -0.1) is 0 Å². The summed E-state index contributed by atoms with van der Waals surface area (Å²) in [6, 6.07) is 6.25. The fourth-order valence-electron chi connectivity index (χ4n) is 3.68. The predicted molar refractivity (Wildman–Crippen MR) is 89.6 cm³/mol. The van der Waals surface area contributed by atoms with Gasteiger partial charge in [0.2, 0.25) is 0 Å². The van der Waals surface area contributed by atoms with Gasteiger partial charge in [-0.25, -0.2) is 0 Å². The van der Waals surface area contributed by atoms with E-state index in [0.717, 1.165) is 30.2 Å². The van der Waals surface area contributed by atoms with Gasteiger partial charge in [-0.2, -0.15) is 11.8 Å². The zero-order valence-electron chi connectivity index (χ0n) is 12.4. The van der Waals surface area contributed by atoms with Crippen LogP contribution in [0.3, 0.4) is 0 Å². The van der Waals surface area contributed by atoms with Gasteiger partial charge in [0.05, 0.1) is 5.60 Å². The molecule has 2 fully saturated rings. The molecule has 1 aromatic rings. The molecule has 0 saturated carbocycles. The Kier molecular flexibility index (Phi) is 4.81. The van der Waals surface area contributed by atoms with Gasteiger partial charge in [-0.3, -0.25) is 11.3 Å². The standard InChI is InChI=1S/C16H23ClN2OS/c1-11-8-13(17)2-3-14(11)15(19-18)12-4-6-20-16(9-12)5-7-21-10-16/h2-3,8,12,15,19H,4-7,9-10,18H2,1H3. The zero-order valence-corrected chi connectivity index (χ0v) is 14.0. The van der Waals surface area contributed by atoms with E-state index in [1.807, 2.05) is 23.9 Å². The van der Waals surface area contributed by atoms with E-state index < -0.39 is 0 Å². The van der Waals surface area contributed by atoms with Crippen LogP contribution >= 0.6 is 23.4 Å². The molecule has 0 amide bonds. The van der Waals surface area contributed by atoms with E-state index in [1.54, 1.807) is 0 Å². The van der Waals surface area contributed by atoms with Gasteiger partial charge in [-0.1, -0.05) is 17.7 Å². The van der Waals surface area contributed by atoms with Crippen LogP contribution in [0, 0.1) is 12.8 Å². The molecule has 1 aromatic carbocycles. The van der Waals surface area contributed by atoms with Gasteiger partial charge in [-0.05, 0) is 61.1 Å². The topological polar surface area (TPSA) is 47.3 Å². The van der Waals surface area contributed by atoms with Crippen molar-refractivity contribution < 1.29 is 4.74 Å². The second-order valence-electron chi connectivity index (χ2n) is 6.23. The van der Waals surface area contributed by atoms with E-state index in [0.29, 0.717) is 5.92 Å². The molecule has 5 heteroatoms. The number of hydrogen-bond donors (Lipinski definition) is 2. The Bertz CT molecular complexity index is 505. The average molecular weight is 327 g/mol. The fourth-order valence-corrected chi connectivity index (χ4v) is 5.29. The lowest BCUT2D eigenvalue weighted by atomic mass is 9.78. The van der Waals surface area contributed by atoms with E-state index in [-0.39, 0.29) is 11.6 Å². The van der Waals surface area contributed by atoms with Crippen LogP contribution in [0.1, 0.15) is 36.4 Å². The van der Waals surface area contributed by atoms with Crippen molar-refractivity contribution >= 4 is 23.4 Å². The predicted octanol–water partition coefficient (Wildman–Crippen LogP) is 3.46. The number of nitrogens with two attached hydrogens (primary N) is 1. The van der Waals surface area contributed by atoms with Crippen LogP contribution in [0.2, 0.25) is 5.02 Å². The maximum atomic E-state index is 6.13. The number of nitrogens with one attached hydrogen (secondary N) is 1. The third kappa shape index (κ3) is 3.25. The van der Waals surface area contributed by atoms with Crippen molar-refractivity contribution in [2.75, 3.05) is 18.1 Å². The number of thioether (sulfide) groups is 1. The van der Waals surface area contributed by atoms with Crippen LogP contribution in [0.4, 0.5) is 0 Å². The molecule has 0 aromatic heterocycles. The van der Waals surface area contributed by atoms with Crippen molar-refractivity contribution in [3.8, 4) is 0 Å². The van der Waals surface area contributed by atoms with E-state index in [4.69, 9.17) is 22.2 Å². The molecule has 2 aliphatic heterocycles. The average Bonchev–Trinajstić information content (AvgIpc) is 2.90. The quantitative estimate of drug-likeness (QED) is 0.659. The Morgan fingerprint density at radius 2 is 2.38 bits per heavy atom. The van der Waals surface area contributed by atoms with Crippen LogP contribution in [-0.2, 0) is 4.74 Å². The third-order valence-electron chi connectivity index (χ3n) is 4.82. The first-order valence-electron chi connectivity index (χ1n) is 7.57. The van der Waals surface area contributed by atoms with Crippen molar-refractivity contribution in [1.29, 1.82) is 0 Å². The highest BCUT2D eigenvalue weighted by Crippen LogP contribution is 2.44. The number of halogens is 1. The van der Waals surface area contributed by atoms with Gasteiger partial charge in [0.1, 0.15) is 0 Å². The van der Waals surface area contributed by atoms with Crippen molar-refractivity contribution in [2.24, 2.45) is 11.8 Å². The number of rotatable bonds is 3. The molecule has 21 heavy (non-hydrogen) atoms. The Hall–Kier alpha value is -0.260. The largest absolute Gasteiger partial charge is 0.374 e. The molecule has 3 atom stereocenters. The van der Waals surface area contributed by atoms with E-state index in [2.05, 4.69) is 18.4 Å². The van der Waals surface area contributed by atoms with Crippen molar-refractivity contribution in [2.45, 2.75) is 37.8 Å². The highest BCUT2D eigenvalue weighted by Gasteiger charge is 2.42. The molecule has 3 unspecified atom stereocenters. The summed E-state index contributed by atoms with van der Waals surface area (Å²) in [6.07, 6.45) is 3.32. The number of hydrazine groups is 1. The second kappa shape index (κ2) is 6.47. The van der Waals surface area contributed by atoms with Crippen molar-refractivity contribution in [3.63, 3.8) is 0 Å². The second-order valence-corrected chi connectivity index (χ2v) is 7.77. The van der Waals surface area contributed by atoms with E-state index >= 15 is 0 Å². The third-order valence-corrected chi connectivity index (χ3v) is 6.27. The molecule has 116 valence electrons. The van der Waals surface area contributed by atoms with Crippen LogP contribution in [0.15, 0.2) is 18.2 Å². The maximum absolute atomic E-state index is 6.13. The molecule has 3 rings (SSSR count). The smallest absolute Gasteiger partial charge is 0.0783 e. The van der Waals surface area contributed by atoms with Crippen molar-refractivity contribution in [1.82, 2.24) is 5.43 Å². The summed E-state index contributed by atoms with van der Waals surface area (Å²) in [7, 11) is 0. The molecule has 1 spiro atoms. The van der Waals surface area contributed by atoms with E-state index in [1.165, 1.54) is 23.3 Å². The lowest BCUT2D eigenvalue weighted by Gasteiger charge is -2.41. The Labute approximate surface area is 135 Å². The summed E-state index contributed by atoms with van der Waals surface area (Å²) in [5.41, 5.74) is 5.60. The van der Waals surface area contributed by atoms with Crippen LogP contribution in [0.5, 0.6) is 0 Å². The Morgan fingerprint density at radius 3 is 3.05 bits per heavy atom. The molecule has 3 N–H and O–H groups in total. The molecule has 3 nitrogen and oxygen atoms in total. The summed E-state index contributed by atoms with van der Waals surface area (Å²) < 4.78 is 6.13. The molecular formula is C16H23ClN2OS. The molecule has 2 heterocycles. The summed E-state index contributed by atoms with van der Waals surface area (Å²) >= 11 is 8.08. The minimum atomic E-state index is 0.0863. The van der Waals surface area contributed by atoms with Gasteiger partial charge >= 0.3 is 0 Å². The number of hydrogen-bond acceptors (Lipinski definition) is 4. The maximum Gasteiger partial charge on any atom is 0.0783 e. The number of benzene rings is 1. The highest BCUT2D eigenvalue weighted by atomic mass is 35.5. The fraction of sp³-hybridized carbons (Fsp3) is 0.625. The monoisotopic (exact) mass is 326 g/mol. The lowest BCUT2D eigenvalue weighted by Crippen LogP contribution is -2.45. The molecule has 0 radical (unpaired) electrons. The van der Waals surface area contributed by atoms with E-state index in [9.17, 15) is 0 Å². The normalized spacial score (nSPS) is 30.7. The minimum Gasteiger partial charge on any atom is -0.374 e. The molecule has 2 saturated heterocycles. The highest BCUT2D eigenvalue weighted by molar-refractivity contribution is 7.99. The zero-order chi connectivity index (χ0) is 14.9. The molecule has 2 aliphatic rings. The van der Waals surface area contributed by atoms with Gasteiger partial charge in [0, 0.05) is 23.4 Å². The Morgan fingerprint density at radius 1 is 1.52 bits per heavy atom. The Balaban J connectivity index is 1.82. The SMILES string of the molecule is Cc1cc(Cl)ccc1C(NN)C1CCOC2(CCSC2)C1. The lowest BCUT2D eigenvalue weighted by molar-refractivity contribution is -0.0854. The van der Waals surface area contributed by atoms with Crippen molar-refractivity contribution in [3.05, 3.63) is 34.3 Å². The summed E-state index contributed by atoms with van der Waals surface area (Å²) in [5, 5.41) is 0.780. The summed E-state index contributed by atoms with van der Waals surface area (Å²) in [4.78, 5) is 0. The minimum absolute atomic E-state index is 0.0863. The number of aryl methyl sites for hydroxylation is 1.